The summed E-state index contributed by atoms with van der Waals surface area (Å²) in [5, 5.41) is 6.99. The number of piperidine rings is 1. The zero-order valence-electron chi connectivity index (χ0n) is 9.09. The van der Waals surface area contributed by atoms with Gasteiger partial charge in [0, 0.05) is 19.1 Å². The lowest BCUT2D eigenvalue weighted by atomic mass is 9.98. The Balaban J connectivity index is 1.72. The molecule has 0 aromatic carbocycles. The van der Waals surface area contributed by atoms with E-state index in [1.165, 1.54) is 32.2 Å². The maximum Gasteiger partial charge on any atom is 0.0718 e. The zero-order chi connectivity index (χ0) is 9.80. The van der Waals surface area contributed by atoms with Gasteiger partial charge in [-0.2, -0.15) is 0 Å². The lowest BCUT2D eigenvalue weighted by molar-refractivity contribution is -0.0362. The molecule has 0 radical (unpaired) electrons. The fraction of sp³-hybridized carbons (Fsp3) is 1.00. The first-order valence-electron chi connectivity index (χ1n) is 5.94. The minimum atomic E-state index is 0.386. The predicted octanol–water partition coefficient (Wildman–Crippen LogP) is 0.895. The van der Waals surface area contributed by atoms with E-state index in [0.29, 0.717) is 18.2 Å². The normalized spacial score (nSPS) is 39.6. The fourth-order valence-corrected chi connectivity index (χ4v) is 2.45. The Morgan fingerprint density at radius 3 is 2.93 bits per heavy atom. The van der Waals surface area contributed by atoms with Crippen LogP contribution in [-0.4, -0.2) is 37.9 Å². The number of hydrogen-bond acceptors (Lipinski definition) is 3. The van der Waals surface area contributed by atoms with E-state index in [1.807, 2.05) is 0 Å². The Kier molecular flexibility index (Phi) is 3.79. The van der Waals surface area contributed by atoms with Crippen LogP contribution in [0.3, 0.4) is 0 Å². The molecule has 2 heterocycles. The van der Waals surface area contributed by atoms with E-state index in [9.17, 15) is 0 Å². The summed E-state index contributed by atoms with van der Waals surface area (Å²) in [6, 6.07) is 0.695. The highest BCUT2D eigenvalue weighted by Crippen LogP contribution is 2.15. The van der Waals surface area contributed by atoms with Crippen LogP contribution in [-0.2, 0) is 4.74 Å². The summed E-state index contributed by atoms with van der Waals surface area (Å²) < 4.78 is 5.89. The van der Waals surface area contributed by atoms with E-state index >= 15 is 0 Å². The Bertz CT molecular complexity index is 169. The predicted molar refractivity (Wildman–Crippen MR) is 57.5 cm³/mol. The molecule has 3 unspecified atom stereocenters. The first-order chi connectivity index (χ1) is 6.84. The van der Waals surface area contributed by atoms with Crippen molar-refractivity contribution in [1.29, 1.82) is 0 Å². The van der Waals surface area contributed by atoms with Gasteiger partial charge in [-0.25, -0.2) is 0 Å². The second-order valence-corrected chi connectivity index (χ2v) is 4.61. The van der Waals surface area contributed by atoms with Crippen molar-refractivity contribution in [3.63, 3.8) is 0 Å². The molecule has 0 amide bonds. The molecule has 0 aliphatic carbocycles. The lowest BCUT2D eigenvalue weighted by Gasteiger charge is -2.33. The molecule has 0 spiro atoms. The summed E-state index contributed by atoms with van der Waals surface area (Å²) in [4.78, 5) is 0. The molecule has 3 heteroatoms. The quantitative estimate of drug-likeness (QED) is 0.691. The summed E-state index contributed by atoms with van der Waals surface area (Å²) in [5.41, 5.74) is 0. The average molecular weight is 198 g/mol. The van der Waals surface area contributed by atoms with Crippen molar-refractivity contribution < 1.29 is 4.74 Å². The number of nitrogens with one attached hydrogen (secondary N) is 2. The van der Waals surface area contributed by atoms with Crippen molar-refractivity contribution in [2.45, 2.75) is 50.9 Å². The van der Waals surface area contributed by atoms with Gasteiger partial charge in [-0.15, -0.1) is 0 Å². The summed E-state index contributed by atoms with van der Waals surface area (Å²) in [6.07, 6.45) is 6.04. The summed E-state index contributed by atoms with van der Waals surface area (Å²) in [5.74, 6) is 0. The highest BCUT2D eigenvalue weighted by Gasteiger charge is 2.23. The van der Waals surface area contributed by atoms with Gasteiger partial charge >= 0.3 is 0 Å². The first-order valence-corrected chi connectivity index (χ1v) is 5.94. The van der Waals surface area contributed by atoms with Gasteiger partial charge in [-0.1, -0.05) is 6.42 Å². The molecule has 0 aromatic heterocycles. The van der Waals surface area contributed by atoms with Crippen molar-refractivity contribution in [3.05, 3.63) is 0 Å². The number of ether oxygens (including phenoxy) is 1. The van der Waals surface area contributed by atoms with E-state index in [2.05, 4.69) is 17.6 Å². The fourth-order valence-electron chi connectivity index (χ4n) is 2.45. The Morgan fingerprint density at radius 1 is 1.29 bits per heavy atom. The van der Waals surface area contributed by atoms with Crippen molar-refractivity contribution in [1.82, 2.24) is 10.6 Å². The van der Waals surface area contributed by atoms with E-state index in [4.69, 9.17) is 4.74 Å². The summed E-state index contributed by atoms with van der Waals surface area (Å²) >= 11 is 0. The Morgan fingerprint density at radius 2 is 2.21 bits per heavy atom. The highest BCUT2D eigenvalue weighted by atomic mass is 16.5. The number of morpholine rings is 1. The van der Waals surface area contributed by atoms with E-state index in [-0.39, 0.29) is 0 Å². The van der Waals surface area contributed by atoms with Gasteiger partial charge in [0.15, 0.2) is 0 Å². The molecule has 0 aromatic rings. The van der Waals surface area contributed by atoms with E-state index in [1.54, 1.807) is 0 Å². The van der Waals surface area contributed by atoms with Gasteiger partial charge in [0.2, 0.25) is 0 Å². The SMILES string of the molecule is CC1CNCC(CC2CCCCN2)O1. The molecule has 2 rings (SSSR count). The van der Waals surface area contributed by atoms with Crippen LogP contribution in [0.2, 0.25) is 0 Å². The molecule has 0 saturated carbocycles. The van der Waals surface area contributed by atoms with Gasteiger partial charge in [0.05, 0.1) is 12.2 Å². The lowest BCUT2D eigenvalue weighted by Crippen LogP contribution is -2.47. The molecular formula is C11H22N2O. The van der Waals surface area contributed by atoms with Crippen LogP contribution in [0.4, 0.5) is 0 Å². The molecular weight excluding hydrogens is 176 g/mol. The molecule has 2 aliphatic rings. The third-order valence-corrected chi connectivity index (χ3v) is 3.19. The van der Waals surface area contributed by atoms with Crippen LogP contribution in [0.25, 0.3) is 0 Å². The molecule has 14 heavy (non-hydrogen) atoms. The molecule has 2 aliphatic heterocycles. The third-order valence-electron chi connectivity index (χ3n) is 3.19. The largest absolute Gasteiger partial charge is 0.373 e. The Hall–Kier alpha value is -0.120. The van der Waals surface area contributed by atoms with Crippen LogP contribution in [0.1, 0.15) is 32.6 Å². The number of hydrogen-bond donors (Lipinski definition) is 2. The molecule has 2 fully saturated rings. The van der Waals surface area contributed by atoms with E-state index < -0.39 is 0 Å². The summed E-state index contributed by atoms with van der Waals surface area (Å²) in [6.45, 7) is 5.38. The van der Waals surface area contributed by atoms with Crippen LogP contribution >= 0.6 is 0 Å². The molecule has 2 saturated heterocycles. The Labute approximate surface area is 86.6 Å². The van der Waals surface area contributed by atoms with Crippen LogP contribution in [0.5, 0.6) is 0 Å². The zero-order valence-corrected chi connectivity index (χ0v) is 9.09. The van der Waals surface area contributed by atoms with Gasteiger partial charge in [-0.3, -0.25) is 0 Å². The smallest absolute Gasteiger partial charge is 0.0718 e. The highest BCUT2D eigenvalue weighted by molar-refractivity contribution is 4.80. The van der Waals surface area contributed by atoms with Gasteiger partial charge in [-0.05, 0) is 32.7 Å². The third kappa shape index (κ3) is 2.94. The standard InChI is InChI=1S/C11H22N2O/c1-9-7-12-8-11(14-9)6-10-4-2-3-5-13-10/h9-13H,2-8H2,1H3. The van der Waals surface area contributed by atoms with Crippen molar-refractivity contribution >= 4 is 0 Å². The topological polar surface area (TPSA) is 33.3 Å². The van der Waals surface area contributed by atoms with E-state index in [0.717, 1.165) is 13.1 Å². The first kappa shape index (κ1) is 10.4. The second-order valence-electron chi connectivity index (χ2n) is 4.61. The summed E-state index contributed by atoms with van der Waals surface area (Å²) in [7, 11) is 0. The van der Waals surface area contributed by atoms with Crippen LogP contribution in [0.15, 0.2) is 0 Å². The molecule has 2 N–H and O–H groups in total. The van der Waals surface area contributed by atoms with Crippen molar-refractivity contribution in [3.8, 4) is 0 Å². The second kappa shape index (κ2) is 5.10. The number of rotatable bonds is 2. The van der Waals surface area contributed by atoms with Crippen LogP contribution in [0, 0.1) is 0 Å². The molecule has 82 valence electrons. The monoisotopic (exact) mass is 198 g/mol. The minimum absolute atomic E-state index is 0.386. The van der Waals surface area contributed by atoms with Crippen molar-refractivity contribution in [2.75, 3.05) is 19.6 Å². The average Bonchev–Trinajstić information content (AvgIpc) is 2.19. The maximum absolute atomic E-state index is 5.89. The van der Waals surface area contributed by atoms with Crippen molar-refractivity contribution in [2.24, 2.45) is 0 Å². The minimum Gasteiger partial charge on any atom is -0.373 e. The van der Waals surface area contributed by atoms with Gasteiger partial charge in [0.25, 0.3) is 0 Å². The van der Waals surface area contributed by atoms with Crippen LogP contribution < -0.4 is 10.6 Å². The molecule has 0 bridgehead atoms. The van der Waals surface area contributed by atoms with Gasteiger partial charge < -0.3 is 15.4 Å². The van der Waals surface area contributed by atoms with Gasteiger partial charge in [0.1, 0.15) is 0 Å². The molecule has 3 nitrogen and oxygen atoms in total. The molecule has 3 atom stereocenters. The maximum atomic E-state index is 5.89.